The highest BCUT2D eigenvalue weighted by molar-refractivity contribution is 4.69. The molecule has 1 saturated heterocycles. The molecule has 0 radical (unpaired) electrons. The van der Waals surface area contributed by atoms with Gasteiger partial charge in [0.15, 0.2) is 0 Å². The molecule has 1 heterocycles. The number of quaternary nitrogens is 3. The molecule has 0 aromatic carbocycles. The van der Waals surface area contributed by atoms with E-state index in [9.17, 15) is 0 Å². The van der Waals surface area contributed by atoms with Crippen molar-refractivity contribution in [3.05, 3.63) is 0 Å². The van der Waals surface area contributed by atoms with Gasteiger partial charge in [-0.1, -0.05) is 13.3 Å². The SMILES string of the molecule is COC(C)(C)CCC[C@H](C)[C@H](C)[NH2+]CC[NH+]1CC[NH2+]CC1. The largest absolute Gasteiger partial charge is 0.379 e. The van der Waals surface area contributed by atoms with Gasteiger partial charge in [0.05, 0.1) is 11.6 Å². The van der Waals surface area contributed by atoms with Crippen molar-refractivity contribution in [1.82, 2.24) is 0 Å². The van der Waals surface area contributed by atoms with Crippen molar-refractivity contribution in [1.29, 1.82) is 0 Å². The summed E-state index contributed by atoms with van der Waals surface area (Å²) in [7, 11) is 1.82. The summed E-state index contributed by atoms with van der Waals surface area (Å²) in [5.74, 6) is 0.794. The molecule has 1 fully saturated rings. The van der Waals surface area contributed by atoms with E-state index in [1.807, 2.05) is 7.11 Å². The predicted octanol–water partition coefficient (Wildman–Crippen LogP) is -1.37. The average Bonchev–Trinajstić information content (AvgIpc) is 2.48. The lowest BCUT2D eigenvalue weighted by molar-refractivity contribution is -0.955. The highest BCUT2D eigenvalue weighted by atomic mass is 16.5. The van der Waals surface area contributed by atoms with Gasteiger partial charge in [-0.25, -0.2) is 0 Å². The number of rotatable bonds is 10. The Morgan fingerprint density at radius 2 is 1.90 bits per heavy atom. The van der Waals surface area contributed by atoms with E-state index >= 15 is 0 Å². The molecule has 0 amide bonds. The summed E-state index contributed by atoms with van der Waals surface area (Å²) < 4.78 is 5.50. The number of ether oxygens (including phenoxy) is 1. The minimum atomic E-state index is 0.0430. The quantitative estimate of drug-likeness (QED) is 0.458. The second-order valence-corrected chi connectivity index (χ2v) is 7.58. The monoisotopic (exact) mass is 302 g/mol. The molecule has 2 atom stereocenters. The fourth-order valence-corrected chi connectivity index (χ4v) is 3.13. The zero-order chi connectivity index (χ0) is 15.7. The molecular weight excluding hydrogens is 262 g/mol. The predicted molar refractivity (Wildman–Crippen MR) is 87.6 cm³/mol. The number of hydrogen-bond donors (Lipinski definition) is 3. The molecule has 21 heavy (non-hydrogen) atoms. The summed E-state index contributed by atoms with van der Waals surface area (Å²) in [4.78, 5) is 1.80. The Morgan fingerprint density at radius 1 is 1.24 bits per heavy atom. The van der Waals surface area contributed by atoms with Crippen LogP contribution in [0.1, 0.15) is 47.0 Å². The van der Waals surface area contributed by atoms with Gasteiger partial charge >= 0.3 is 0 Å². The van der Waals surface area contributed by atoms with Crippen LogP contribution >= 0.6 is 0 Å². The third kappa shape index (κ3) is 8.15. The highest BCUT2D eigenvalue weighted by Crippen LogP contribution is 2.19. The average molecular weight is 303 g/mol. The summed E-state index contributed by atoms with van der Waals surface area (Å²) in [6.45, 7) is 17.1. The van der Waals surface area contributed by atoms with Gasteiger partial charge in [0, 0.05) is 13.0 Å². The maximum atomic E-state index is 5.50. The van der Waals surface area contributed by atoms with E-state index in [1.165, 1.54) is 52.1 Å². The van der Waals surface area contributed by atoms with Gasteiger partial charge in [-0.2, -0.15) is 0 Å². The Labute approximate surface area is 132 Å². The van der Waals surface area contributed by atoms with Crippen LogP contribution in [0, 0.1) is 5.92 Å². The minimum absolute atomic E-state index is 0.0430. The Kier molecular flexibility index (Phi) is 8.79. The van der Waals surface area contributed by atoms with Gasteiger partial charge in [-0.05, 0) is 33.6 Å². The van der Waals surface area contributed by atoms with Crippen LogP contribution in [-0.4, -0.2) is 58.0 Å². The molecule has 1 aliphatic heterocycles. The number of methoxy groups -OCH3 is 1. The number of nitrogens with one attached hydrogen (secondary N) is 1. The van der Waals surface area contributed by atoms with Crippen LogP contribution in [0.4, 0.5) is 0 Å². The second-order valence-electron chi connectivity index (χ2n) is 7.58. The van der Waals surface area contributed by atoms with Crippen molar-refractivity contribution < 1.29 is 20.3 Å². The molecule has 0 bridgehead atoms. The Morgan fingerprint density at radius 3 is 2.52 bits per heavy atom. The molecule has 1 aliphatic rings. The zero-order valence-electron chi connectivity index (χ0n) is 15.1. The summed E-state index contributed by atoms with van der Waals surface area (Å²) in [5, 5.41) is 5.01. The third-order valence-electron chi connectivity index (χ3n) is 5.33. The van der Waals surface area contributed by atoms with E-state index in [2.05, 4.69) is 38.3 Å². The smallest absolute Gasteiger partial charge is 0.127 e. The molecule has 0 saturated carbocycles. The van der Waals surface area contributed by atoms with Crippen LogP contribution in [0.2, 0.25) is 0 Å². The van der Waals surface area contributed by atoms with Crippen LogP contribution in [0.25, 0.3) is 0 Å². The molecule has 126 valence electrons. The first-order chi connectivity index (χ1) is 9.94. The maximum absolute atomic E-state index is 5.50. The Bertz CT molecular complexity index is 265. The van der Waals surface area contributed by atoms with Gasteiger partial charge in [0.25, 0.3) is 0 Å². The number of piperazine rings is 1. The molecule has 4 heteroatoms. The molecule has 0 aliphatic carbocycles. The lowest BCUT2D eigenvalue weighted by Gasteiger charge is -2.25. The van der Waals surface area contributed by atoms with Gasteiger partial charge < -0.3 is 20.3 Å². The molecule has 0 spiro atoms. The fraction of sp³-hybridized carbons (Fsp3) is 1.00. The lowest BCUT2D eigenvalue weighted by atomic mass is 9.93. The van der Waals surface area contributed by atoms with Crippen LogP contribution in [-0.2, 0) is 4.74 Å². The van der Waals surface area contributed by atoms with Crippen molar-refractivity contribution in [3.63, 3.8) is 0 Å². The molecule has 0 aromatic heterocycles. The van der Waals surface area contributed by atoms with Crippen LogP contribution in [0.15, 0.2) is 0 Å². The standard InChI is InChI=1S/C17H37N3O/c1-15(7-6-8-17(3,4)21-5)16(2)19-11-14-20-12-9-18-10-13-20/h15-16,18-19H,6-14H2,1-5H3/p+3/t15-,16-/m0/s1. The van der Waals surface area contributed by atoms with E-state index in [-0.39, 0.29) is 5.60 Å². The maximum Gasteiger partial charge on any atom is 0.127 e. The topological polar surface area (TPSA) is 46.9 Å². The first-order valence-electron chi connectivity index (χ1n) is 8.98. The Hall–Kier alpha value is -0.160. The van der Waals surface area contributed by atoms with Crippen LogP contribution in [0.5, 0.6) is 0 Å². The lowest BCUT2D eigenvalue weighted by Crippen LogP contribution is -3.22. The van der Waals surface area contributed by atoms with E-state index in [0.717, 1.165) is 18.4 Å². The first-order valence-corrected chi connectivity index (χ1v) is 8.98. The summed E-state index contributed by atoms with van der Waals surface area (Å²) in [5.41, 5.74) is 0.0430. The van der Waals surface area contributed by atoms with Gasteiger partial charge in [0.1, 0.15) is 39.3 Å². The summed E-state index contributed by atoms with van der Waals surface area (Å²) in [6.07, 6.45) is 3.75. The third-order valence-corrected chi connectivity index (χ3v) is 5.33. The van der Waals surface area contributed by atoms with Crippen LogP contribution in [0.3, 0.4) is 0 Å². The Balaban J connectivity index is 2.08. The van der Waals surface area contributed by atoms with E-state index in [4.69, 9.17) is 4.74 Å². The van der Waals surface area contributed by atoms with E-state index in [0.29, 0.717) is 0 Å². The van der Waals surface area contributed by atoms with Gasteiger partial charge in [-0.15, -0.1) is 0 Å². The number of nitrogens with two attached hydrogens (primary N) is 2. The number of hydrogen-bond acceptors (Lipinski definition) is 1. The van der Waals surface area contributed by atoms with E-state index in [1.54, 1.807) is 4.90 Å². The molecule has 1 rings (SSSR count). The fourth-order valence-electron chi connectivity index (χ4n) is 3.13. The van der Waals surface area contributed by atoms with E-state index < -0.39 is 0 Å². The van der Waals surface area contributed by atoms with Crippen molar-refractivity contribution >= 4 is 0 Å². The molecule has 0 unspecified atom stereocenters. The second kappa shape index (κ2) is 9.78. The summed E-state index contributed by atoms with van der Waals surface area (Å²) in [6, 6.07) is 0.742. The van der Waals surface area contributed by atoms with Crippen molar-refractivity contribution in [2.75, 3.05) is 46.4 Å². The van der Waals surface area contributed by atoms with Crippen LogP contribution < -0.4 is 15.5 Å². The first kappa shape index (κ1) is 18.9. The van der Waals surface area contributed by atoms with Crippen molar-refractivity contribution in [2.24, 2.45) is 5.92 Å². The molecule has 4 nitrogen and oxygen atoms in total. The highest BCUT2D eigenvalue weighted by Gasteiger charge is 2.20. The molecule has 5 N–H and O–H groups in total. The van der Waals surface area contributed by atoms with Gasteiger partial charge in [0.2, 0.25) is 0 Å². The zero-order valence-corrected chi connectivity index (χ0v) is 15.1. The molecular formula is C17H40N3O+3. The normalized spacial score (nSPS) is 20.4. The van der Waals surface area contributed by atoms with Crippen molar-refractivity contribution in [2.45, 2.75) is 58.6 Å². The summed E-state index contributed by atoms with van der Waals surface area (Å²) >= 11 is 0. The molecule has 0 aromatic rings. The van der Waals surface area contributed by atoms with Crippen molar-refractivity contribution in [3.8, 4) is 0 Å². The van der Waals surface area contributed by atoms with Gasteiger partial charge in [-0.3, -0.25) is 0 Å². The minimum Gasteiger partial charge on any atom is -0.379 e.